The van der Waals surface area contributed by atoms with E-state index in [4.69, 9.17) is 0 Å². The predicted octanol–water partition coefficient (Wildman–Crippen LogP) is 0.317. The third-order valence-electron chi connectivity index (χ3n) is 3.03. The van der Waals surface area contributed by atoms with Gasteiger partial charge in [0.2, 0.25) is 5.91 Å². The number of amides is 1. The molecule has 1 atom stereocenters. The predicted molar refractivity (Wildman–Crippen MR) is 77.5 cm³/mol. The van der Waals surface area contributed by atoms with Crippen LogP contribution < -0.4 is 5.32 Å². The summed E-state index contributed by atoms with van der Waals surface area (Å²) >= 11 is 0. The molecule has 0 aliphatic rings. The minimum absolute atomic E-state index is 0.232. The van der Waals surface area contributed by atoms with Crippen molar-refractivity contribution in [2.24, 2.45) is 0 Å². The molecule has 7 nitrogen and oxygen atoms in total. The summed E-state index contributed by atoms with van der Waals surface area (Å²) in [5, 5.41) is 5.61. The van der Waals surface area contributed by atoms with Crippen LogP contribution in [0, 0.1) is 0 Å². The lowest BCUT2D eigenvalue weighted by molar-refractivity contribution is -0.120. The molecule has 2 aromatic heterocycles. The van der Waals surface area contributed by atoms with Gasteiger partial charge in [-0.05, 0) is 30.7 Å². The lowest BCUT2D eigenvalue weighted by Crippen LogP contribution is -2.37. The molecule has 0 aliphatic carbocycles. The van der Waals surface area contributed by atoms with Crippen LogP contribution in [0.25, 0.3) is 5.82 Å². The minimum atomic E-state index is -3.39. The number of aromatic nitrogens is 3. The van der Waals surface area contributed by atoms with Crippen molar-refractivity contribution >= 4 is 15.7 Å². The van der Waals surface area contributed by atoms with Crippen LogP contribution in [0.3, 0.4) is 0 Å². The summed E-state index contributed by atoms with van der Waals surface area (Å²) in [5.41, 5.74) is 0.810. The maximum Gasteiger partial charge on any atom is 0.238 e. The molecule has 0 aliphatic heterocycles. The number of nitrogens with zero attached hydrogens (tertiary/aromatic N) is 3. The Morgan fingerprint density at radius 3 is 2.81 bits per heavy atom. The number of rotatable bonds is 5. The van der Waals surface area contributed by atoms with Crippen molar-refractivity contribution < 1.29 is 13.2 Å². The normalized spacial score (nSPS) is 12.9. The lowest BCUT2D eigenvalue weighted by atomic mass is 10.2. The van der Waals surface area contributed by atoms with Crippen molar-refractivity contribution in [2.45, 2.75) is 18.7 Å². The number of sulfone groups is 1. The van der Waals surface area contributed by atoms with Crippen LogP contribution in [-0.2, 0) is 21.2 Å². The fraction of sp³-hybridized carbons (Fsp3) is 0.308. The molecule has 2 rings (SSSR count). The molecule has 21 heavy (non-hydrogen) atoms. The van der Waals surface area contributed by atoms with E-state index in [1.54, 1.807) is 41.5 Å². The largest absolute Gasteiger partial charge is 0.351 e. The maximum atomic E-state index is 11.8. The molecule has 0 bridgehead atoms. The van der Waals surface area contributed by atoms with E-state index in [1.165, 1.54) is 6.92 Å². The Hall–Kier alpha value is -2.22. The molecule has 0 radical (unpaired) electrons. The zero-order valence-corrected chi connectivity index (χ0v) is 12.5. The Morgan fingerprint density at radius 2 is 2.19 bits per heavy atom. The smallest absolute Gasteiger partial charge is 0.238 e. The highest BCUT2D eigenvalue weighted by Gasteiger charge is 2.22. The van der Waals surface area contributed by atoms with E-state index in [-0.39, 0.29) is 6.54 Å². The van der Waals surface area contributed by atoms with Gasteiger partial charge in [-0.15, -0.1) is 0 Å². The van der Waals surface area contributed by atoms with Gasteiger partial charge in [-0.1, -0.05) is 0 Å². The molecule has 0 unspecified atom stereocenters. The highest BCUT2D eigenvalue weighted by Crippen LogP contribution is 2.06. The van der Waals surface area contributed by atoms with Crippen molar-refractivity contribution in [3.05, 3.63) is 42.4 Å². The van der Waals surface area contributed by atoms with E-state index >= 15 is 0 Å². The first-order valence-electron chi connectivity index (χ1n) is 6.29. The summed E-state index contributed by atoms with van der Waals surface area (Å²) in [6.45, 7) is 1.60. The molecule has 0 aromatic carbocycles. The van der Waals surface area contributed by atoms with Crippen molar-refractivity contribution in [3.8, 4) is 5.82 Å². The second-order valence-corrected chi connectivity index (χ2v) is 7.03. The standard InChI is InChI=1S/C13H16N4O3S/c1-10(21(2,19)20)13(18)15-9-11-4-6-14-12(8-11)17-7-3-5-16-17/h3-8,10H,9H2,1-2H3,(H,15,18)/t10-/m0/s1. The van der Waals surface area contributed by atoms with Crippen LogP contribution in [0.2, 0.25) is 0 Å². The molecule has 0 saturated carbocycles. The molecule has 2 heterocycles. The van der Waals surface area contributed by atoms with E-state index in [9.17, 15) is 13.2 Å². The van der Waals surface area contributed by atoms with Crippen LogP contribution in [-0.4, -0.2) is 40.6 Å². The highest BCUT2D eigenvalue weighted by atomic mass is 32.2. The SMILES string of the molecule is C[C@@H](C(=O)NCc1ccnc(-n2cccn2)c1)S(C)(=O)=O. The van der Waals surface area contributed by atoms with Gasteiger partial charge in [0.05, 0.1) is 0 Å². The van der Waals surface area contributed by atoms with Gasteiger partial charge in [0, 0.05) is 31.4 Å². The molecular formula is C13H16N4O3S. The summed E-state index contributed by atoms with van der Waals surface area (Å²) in [6, 6.07) is 5.31. The fourth-order valence-corrected chi connectivity index (χ4v) is 2.10. The zero-order chi connectivity index (χ0) is 15.5. The molecule has 112 valence electrons. The second kappa shape index (κ2) is 6.04. The van der Waals surface area contributed by atoms with Crippen LogP contribution in [0.4, 0.5) is 0 Å². The number of pyridine rings is 1. The van der Waals surface area contributed by atoms with Gasteiger partial charge in [-0.2, -0.15) is 5.10 Å². The lowest BCUT2D eigenvalue weighted by Gasteiger charge is -2.11. The summed E-state index contributed by atoms with van der Waals surface area (Å²) in [6.07, 6.45) is 6.05. The molecule has 0 fully saturated rings. The summed E-state index contributed by atoms with van der Waals surface area (Å²) < 4.78 is 24.2. The van der Waals surface area contributed by atoms with E-state index in [0.717, 1.165) is 11.8 Å². The molecule has 1 N–H and O–H groups in total. The van der Waals surface area contributed by atoms with Gasteiger partial charge >= 0.3 is 0 Å². The van der Waals surface area contributed by atoms with E-state index < -0.39 is 21.0 Å². The molecular weight excluding hydrogens is 292 g/mol. The van der Waals surface area contributed by atoms with E-state index in [2.05, 4.69) is 15.4 Å². The fourth-order valence-electron chi connectivity index (χ4n) is 1.63. The quantitative estimate of drug-likeness (QED) is 0.858. The van der Waals surface area contributed by atoms with Gasteiger partial charge in [0.25, 0.3) is 0 Å². The Kier molecular flexibility index (Phi) is 4.37. The number of hydrogen-bond acceptors (Lipinski definition) is 5. The second-order valence-electron chi connectivity index (χ2n) is 4.66. The van der Waals surface area contributed by atoms with Crippen LogP contribution in [0.1, 0.15) is 12.5 Å². The maximum absolute atomic E-state index is 11.8. The zero-order valence-electron chi connectivity index (χ0n) is 11.7. The molecule has 8 heteroatoms. The van der Waals surface area contributed by atoms with Crippen molar-refractivity contribution in [2.75, 3.05) is 6.26 Å². The third kappa shape index (κ3) is 3.88. The van der Waals surface area contributed by atoms with Gasteiger partial charge in [-0.25, -0.2) is 18.1 Å². The summed E-state index contributed by atoms with van der Waals surface area (Å²) in [5.74, 6) is 0.109. The number of carbonyl (C=O) groups excluding carboxylic acids is 1. The van der Waals surface area contributed by atoms with Crippen molar-refractivity contribution in [3.63, 3.8) is 0 Å². The summed E-state index contributed by atoms with van der Waals surface area (Å²) in [4.78, 5) is 15.9. The number of nitrogens with one attached hydrogen (secondary N) is 1. The Balaban J connectivity index is 2.04. The molecule has 0 saturated heterocycles. The Labute approximate surface area is 122 Å². The molecule has 1 amide bonds. The number of hydrogen-bond donors (Lipinski definition) is 1. The molecule has 2 aromatic rings. The van der Waals surface area contributed by atoms with Gasteiger partial charge < -0.3 is 5.32 Å². The average Bonchev–Trinajstić information content (AvgIpc) is 2.97. The minimum Gasteiger partial charge on any atom is -0.351 e. The van der Waals surface area contributed by atoms with Crippen LogP contribution >= 0.6 is 0 Å². The van der Waals surface area contributed by atoms with Gasteiger partial charge in [-0.3, -0.25) is 4.79 Å². The first-order chi connectivity index (χ1) is 9.88. The topological polar surface area (TPSA) is 93.9 Å². The average molecular weight is 308 g/mol. The number of carbonyl (C=O) groups is 1. The highest BCUT2D eigenvalue weighted by molar-refractivity contribution is 7.92. The molecule has 0 spiro atoms. The van der Waals surface area contributed by atoms with Crippen LogP contribution in [0.5, 0.6) is 0 Å². The summed E-state index contributed by atoms with van der Waals surface area (Å²) in [7, 11) is -3.39. The van der Waals surface area contributed by atoms with Crippen molar-refractivity contribution in [1.29, 1.82) is 0 Å². The Bertz CT molecular complexity index is 726. The van der Waals surface area contributed by atoms with Crippen molar-refractivity contribution in [1.82, 2.24) is 20.1 Å². The van der Waals surface area contributed by atoms with E-state index in [1.807, 2.05) is 0 Å². The third-order valence-corrected chi connectivity index (χ3v) is 4.53. The first kappa shape index (κ1) is 15.2. The Morgan fingerprint density at radius 1 is 1.43 bits per heavy atom. The van der Waals surface area contributed by atoms with Crippen LogP contribution in [0.15, 0.2) is 36.8 Å². The van der Waals surface area contributed by atoms with E-state index in [0.29, 0.717) is 5.82 Å². The first-order valence-corrected chi connectivity index (χ1v) is 8.25. The van der Waals surface area contributed by atoms with Gasteiger partial charge in [0.1, 0.15) is 5.25 Å². The van der Waals surface area contributed by atoms with Gasteiger partial charge in [0.15, 0.2) is 15.7 Å². The monoisotopic (exact) mass is 308 g/mol.